The molecule has 0 heterocycles. The Morgan fingerprint density at radius 3 is 1.92 bits per heavy atom. The summed E-state index contributed by atoms with van der Waals surface area (Å²) in [5.41, 5.74) is 3.37. The van der Waals surface area contributed by atoms with E-state index in [1.54, 1.807) is 6.07 Å². The summed E-state index contributed by atoms with van der Waals surface area (Å²) in [6.45, 7) is 3.96. The lowest BCUT2D eigenvalue weighted by molar-refractivity contribution is 0.0590. The molecule has 134 valence electrons. The van der Waals surface area contributed by atoms with Gasteiger partial charge in [-0.1, -0.05) is 6.07 Å². The Hall–Kier alpha value is -0.930. The van der Waals surface area contributed by atoms with Crippen molar-refractivity contribution in [2.45, 2.75) is 13.8 Å². The number of rotatable bonds is 2. The Kier molecular flexibility index (Phi) is 9.09. The Balaban J connectivity index is 0.000000251. The van der Waals surface area contributed by atoms with Crippen LogP contribution in [0.4, 0.5) is 0 Å². The van der Waals surface area contributed by atoms with Crippen molar-refractivity contribution in [2.24, 2.45) is 0 Å². The summed E-state index contributed by atoms with van der Waals surface area (Å²) in [6.07, 6.45) is 0. The Morgan fingerprint density at radius 2 is 1.40 bits per heavy atom. The smallest absolute Gasteiger partial charge is 0.339 e. The standard InChI is InChI=1S/C9H8BrIO2.C9H9BrO2/c1-5-3-7(10)6(4-8(5)11)9(12)13-2;1-6-3-4-7(8(10)5-6)9(11)12-2/h3-4H,1-2H3;3-5H,1-2H3. The molecule has 2 aromatic carbocycles. The van der Waals surface area contributed by atoms with E-state index in [2.05, 4.69) is 63.9 Å². The van der Waals surface area contributed by atoms with Crippen LogP contribution < -0.4 is 0 Å². The number of carbonyl (C=O) groups is 2. The zero-order valence-corrected chi connectivity index (χ0v) is 19.5. The molecule has 0 unspecified atom stereocenters. The Morgan fingerprint density at radius 1 is 0.880 bits per heavy atom. The van der Waals surface area contributed by atoms with Gasteiger partial charge in [-0.2, -0.15) is 0 Å². The lowest BCUT2D eigenvalue weighted by atomic mass is 10.1. The van der Waals surface area contributed by atoms with Crippen LogP contribution >= 0.6 is 54.5 Å². The largest absolute Gasteiger partial charge is 0.465 e. The van der Waals surface area contributed by atoms with Crippen LogP contribution in [0, 0.1) is 17.4 Å². The van der Waals surface area contributed by atoms with E-state index in [1.165, 1.54) is 14.2 Å². The second-order valence-electron chi connectivity index (χ2n) is 5.05. The van der Waals surface area contributed by atoms with Gasteiger partial charge in [-0.3, -0.25) is 0 Å². The van der Waals surface area contributed by atoms with Gasteiger partial charge in [0.15, 0.2) is 0 Å². The van der Waals surface area contributed by atoms with Crippen molar-refractivity contribution in [1.29, 1.82) is 0 Å². The summed E-state index contributed by atoms with van der Waals surface area (Å²) in [5, 5.41) is 0. The fourth-order valence-corrected chi connectivity index (χ4v) is 3.55. The highest BCUT2D eigenvalue weighted by atomic mass is 127. The van der Waals surface area contributed by atoms with E-state index in [0.29, 0.717) is 11.1 Å². The molecular formula is C18H17Br2IO4. The second kappa shape index (κ2) is 10.3. The highest BCUT2D eigenvalue weighted by Gasteiger charge is 2.11. The summed E-state index contributed by atoms with van der Waals surface area (Å²) in [7, 11) is 2.75. The zero-order valence-electron chi connectivity index (χ0n) is 14.2. The van der Waals surface area contributed by atoms with Crippen LogP contribution in [0.5, 0.6) is 0 Å². The van der Waals surface area contributed by atoms with E-state index in [4.69, 9.17) is 0 Å². The molecule has 25 heavy (non-hydrogen) atoms. The van der Waals surface area contributed by atoms with Gasteiger partial charge in [0, 0.05) is 12.5 Å². The van der Waals surface area contributed by atoms with Gasteiger partial charge < -0.3 is 9.47 Å². The number of esters is 2. The number of aryl methyl sites for hydroxylation is 2. The topological polar surface area (TPSA) is 52.6 Å². The number of carbonyl (C=O) groups excluding carboxylic acids is 2. The fraction of sp³-hybridized carbons (Fsp3) is 0.222. The number of halogens is 3. The van der Waals surface area contributed by atoms with Crippen molar-refractivity contribution >= 4 is 66.4 Å². The SMILES string of the molecule is COC(=O)c1cc(I)c(C)cc1Br.COC(=O)c1ccc(C)cc1Br. The number of ether oxygens (including phenoxy) is 2. The number of hydrogen-bond acceptors (Lipinski definition) is 4. The third-order valence-electron chi connectivity index (χ3n) is 3.18. The van der Waals surface area contributed by atoms with Crippen molar-refractivity contribution in [1.82, 2.24) is 0 Å². The van der Waals surface area contributed by atoms with Gasteiger partial charge in [0.1, 0.15) is 0 Å². The van der Waals surface area contributed by atoms with Crippen molar-refractivity contribution < 1.29 is 19.1 Å². The molecule has 0 radical (unpaired) electrons. The van der Waals surface area contributed by atoms with Crippen LogP contribution in [0.25, 0.3) is 0 Å². The van der Waals surface area contributed by atoms with Gasteiger partial charge in [0.25, 0.3) is 0 Å². The summed E-state index contributed by atoms with van der Waals surface area (Å²) in [6, 6.07) is 9.22. The van der Waals surface area contributed by atoms with Crippen LogP contribution in [-0.4, -0.2) is 26.2 Å². The number of hydrogen-bond donors (Lipinski definition) is 0. The van der Waals surface area contributed by atoms with Gasteiger partial charge in [0.05, 0.1) is 25.3 Å². The maximum atomic E-state index is 11.2. The average molecular weight is 584 g/mol. The first kappa shape index (κ1) is 22.1. The summed E-state index contributed by atoms with van der Waals surface area (Å²) < 4.78 is 11.8. The van der Waals surface area contributed by atoms with E-state index >= 15 is 0 Å². The zero-order chi connectivity index (χ0) is 19.1. The monoisotopic (exact) mass is 582 g/mol. The van der Waals surface area contributed by atoms with Crippen molar-refractivity contribution in [3.05, 3.63) is 65.1 Å². The van der Waals surface area contributed by atoms with Gasteiger partial charge in [-0.15, -0.1) is 0 Å². The molecule has 0 atom stereocenters. The number of methoxy groups -OCH3 is 2. The van der Waals surface area contributed by atoms with E-state index in [1.807, 2.05) is 38.1 Å². The molecule has 0 saturated carbocycles. The van der Waals surface area contributed by atoms with E-state index in [-0.39, 0.29) is 11.9 Å². The third-order valence-corrected chi connectivity index (χ3v) is 5.66. The van der Waals surface area contributed by atoms with Crippen LogP contribution in [0.15, 0.2) is 39.3 Å². The normalized spacial score (nSPS) is 9.72. The highest BCUT2D eigenvalue weighted by Crippen LogP contribution is 2.23. The van der Waals surface area contributed by atoms with Gasteiger partial charge in [-0.25, -0.2) is 9.59 Å². The molecule has 7 heteroatoms. The summed E-state index contributed by atoms with van der Waals surface area (Å²) in [5.74, 6) is -0.633. The summed E-state index contributed by atoms with van der Waals surface area (Å²) in [4.78, 5) is 22.3. The fourth-order valence-electron chi connectivity index (χ4n) is 1.81. The van der Waals surface area contributed by atoms with Crippen molar-refractivity contribution in [3.8, 4) is 0 Å². The molecule has 0 N–H and O–H groups in total. The molecular weight excluding hydrogens is 567 g/mol. The Bertz CT molecular complexity index is 791. The lowest BCUT2D eigenvalue weighted by Gasteiger charge is -2.05. The van der Waals surface area contributed by atoms with E-state index in [9.17, 15) is 9.59 Å². The molecule has 4 nitrogen and oxygen atoms in total. The van der Waals surface area contributed by atoms with E-state index < -0.39 is 0 Å². The number of benzene rings is 2. The van der Waals surface area contributed by atoms with Crippen LogP contribution in [0.2, 0.25) is 0 Å². The summed E-state index contributed by atoms with van der Waals surface area (Å²) >= 11 is 8.79. The molecule has 2 aromatic rings. The van der Waals surface area contributed by atoms with Crippen LogP contribution in [-0.2, 0) is 9.47 Å². The van der Waals surface area contributed by atoms with Gasteiger partial charge in [-0.05, 0) is 104 Å². The molecule has 0 saturated heterocycles. The van der Waals surface area contributed by atoms with E-state index in [0.717, 1.165) is 23.6 Å². The first-order valence-corrected chi connectivity index (χ1v) is 9.76. The van der Waals surface area contributed by atoms with Gasteiger partial charge in [0.2, 0.25) is 0 Å². The maximum Gasteiger partial charge on any atom is 0.339 e. The molecule has 0 bridgehead atoms. The van der Waals surface area contributed by atoms with Crippen LogP contribution in [0.3, 0.4) is 0 Å². The quantitative estimate of drug-likeness (QED) is 0.337. The predicted molar refractivity (Wildman–Crippen MR) is 113 cm³/mol. The minimum Gasteiger partial charge on any atom is -0.465 e. The maximum absolute atomic E-state index is 11.2. The lowest BCUT2D eigenvalue weighted by Crippen LogP contribution is -2.03. The molecule has 2 rings (SSSR count). The van der Waals surface area contributed by atoms with Gasteiger partial charge >= 0.3 is 11.9 Å². The first-order valence-electron chi connectivity index (χ1n) is 7.09. The average Bonchev–Trinajstić information content (AvgIpc) is 2.57. The molecule has 0 aliphatic rings. The molecule has 0 aliphatic carbocycles. The van der Waals surface area contributed by atoms with Crippen LogP contribution in [0.1, 0.15) is 31.8 Å². The van der Waals surface area contributed by atoms with Crippen molar-refractivity contribution in [3.63, 3.8) is 0 Å². The minimum atomic E-state index is -0.318. The highest BCUT2D eigenvalue weighted by molar-refractivity contribution is 14.1. The van der Waals surface area contributed by atoms with Crippen molar-refractivity contribution in [2.75, 3.05) is 14.2 Å². The Labute approximate surface area is 177 Å². The third kappa shape index (κ3) is 6.38. The second-order valence-corrected chi connectivity index (χ2v) is 7.92. The first-order chi connectivity index (χ1) is 11.7. The molecule has 0 aromatic heterocycles. The predicted octanol–water partition coefficient (Wildman–Crippen LogP) is 5.69. The molecule has 0 spiro atoms. The minimum absolute atomic E-state index is 0.315. The molecule has 0 fully saturated rings. The molecule has 0 aliphatic heterocycles. The molecule has 0 amide bonds.